The van der Waals surface area contributed by atoms with Gasteiger partial charge in [0, 0.05) is 18.2 Å². The first-order valence-electron chi connectivity index (χ1n) is 8.88. The number of H-pyrrole nitrogens is 1. The maximum absolute atomic E-state index is 13.8. The molecule has 1 aromatic heterocycles. The second-order valence-corrected chi connectivity index (χ2v) is 6.47. The fraction of sp³-hybridized carbons (Fsp3) is 0.400. The number of alkyl halides is 1. The maximum atomic E-state index is 13.8. The maximum Gasteiger partial charge on any atom is 0.330 e. The lowest BCUT2D eigenvalue weighted by atomic mass is 10.1. The van der Waals surface area contributed by atoms with Crippen LogP contribution in [-0.2, 0) is 11.2 Å². The average Bonchev–Trinajstić information content (AvgIpc) is 3.03. The van der Waals surface area contributed by atoms with Crippen LogP contribution in [0.1, 0.15) is 42.7 Å². The number of ether oxygens (including phenoxy) is 1. The molecule has 1 unspecified atom stereocenters. The summed E-state index contributed by atoms with van der Waals surface area (Å²) in [5.41, 5.74) is 0.726. The Morgan fingerprint density at radius 3 is 2.67 bits per heavy atom. The number of halogens is 1. The number of aromatic nitrogens is 2. The van der Waals surface area contributed by atoms with Crippen molar-refractivity contribution < 1.29 is 14.2 Å². The normalized spacial score (nSPS) is 21.7. The third kappa shape index (κ3) is 4.35. The Morgan fingerprint density at radius 1 is 1.30 bits per heavy atom. The Kier molecular flexibility index (Phi) is 5.89. The monoisotopic (exact) mass is 372 g/mol. The van der Waals surface area contributed by atoms with Crippen LogP contribution in [0.4, 0.5) is 4.39 Å². The van der Waals surface area contributed by atoms with Crippen molar-refractivity contribution in [2.75, 3.05) is 6.61 Å². The number of aliphatic hydroxyl groups excluding tert-OH is 1. The summed E-state index contributed by atoms with van der Waals surface area (Å²) in [4.78, 5) is 26.3. The van der Waals surface area contributed by atoms with E-state index in [0.29, 0.717) is 0 Å². The second kappa shape index (κ2) is 8.33. The van der Waals surface area contributed by atoms with Crippen LogP contribution < -0.4 is 11.2 Å². The summed E-state index contributed by atoms with van der Waals surface area (Å²) in [6.45, 7) is 1.63. The Balaban J connectivity index is 1.87. The van der Waals surface area contributed by atoms with E-state index >= 15 is 0 Å². The van der Waals surface area contributed by atoms with E-state index in [4.69, 9.17) is 9.84 Å². The minimum absolute atomic E-state index is 0.0804. The second-order valence-electron chi connectivity index (χ2n) is 6.47. The quantitative estimate of drug-likeness (QED) is 0.797. The molecule has 6 nitrogen and oxygen atoms in total. The van der Waals surface area contributed by atoms with Crippen LogP contribution in [0, 0.1) is 11.8 Å². The summed E-state index contributed by atoms with van der Waals surface area (Å²) in [6, 6.07) is 7.73. The fourth-order valence-corrected chi connectivity index (χ4v) is 2.99. The summed E-state index contributed by atoms with van der Waals surface area (Å²) in [7, 11) is 0. The largest absolute Gasteiger partial charge is 0.394 e. The van der Waals surface area contributed by atoms with Crippen LogP contribution in [0.2, 0.25) is 0 Å². The Labute approximate surface area is 155 Å². The van der Waals surface area contributed by atoms with Crippen LogP contribution in [0.25, 0.3) is 0 Å². The molecule has 3 atom stereocenters. The van der Waals surface area contributed by atoms with Crippen LogP contribution in [-0.4, -0.2) is 33.5 Å². The first kappa shape index (κ1) is 19.1. The van der Waals surface area contributed by atoms with E-state index in [1.54, 1.807) is 0 Å². The predicted octanol–water partition coefficient (Wildman–Crippen LogP) is 1.51. The van der Waals surface area contributed by atoms with Crippen LogP contribution >= 0.6 is 0 Å². The van der Waals surface area contributed by atoms with Gasteiger partial charge in [-0.2, -0.15) is 0 Å². The zero-order valence-electron chi connectivity index (χ0n) is 14.9. The molecule has 7 heteroatoms. The van der Waals surface area contributed by atoms with Gasteiger partial charge in [0.2, 0.25) is 0 Å². The highest BCUT2D eigenvalue weighted by molar-refractivity contribution is 5.42. The molecule has 0 amide bonds. The number of nitrogens with one attached hydrogen (secondary N) is 1. The van der Waals surface area contributed by atoms with E-state index in [0.717, 1.165) is 23.0 Å². The summed E-state index contributed by atoms with van der Waals surface area (Å²) in [5.74, 6) is 5.65. The lowest BCUT2D eigenvalue weighted by Gasteiger charge is -2.14. The zero-order chi connectivity index (χ0) is 19.4. The zero-order valence-corrected chi connectivity index (χ0v) is 14.9. The van der Waals surface area contributed by atoms with Crippen molar-refractivity contribution in [3.8, 4) is 11.8 Å². The first-order valence-corrected chi connectivity index (χ1v) is 8.88. The SMILES string of the molecule is CCCc1ccc(C#Cc2cn([C@H]3CC(F)[C@@H](CO)O3)c(=O)[nH]c2=O)cc1. The van der Waals surface area contributed by atoms with Crippen molar-refractivity contribution in [2.45, 2.75) is 44.7 Å². The van der Waals surface area contributed by atoms with Gasteiger partial charge in [0.1, 0.15) is 24.1 Å². The van der Waals surface area contributed by atoms with Gasteiger partial charge in [0.05, 0.1) is 6.61 Å². The van der Waals surface area contributed by atoms with E-state index in [1.807, 2.05) is 24.3 Å². The highest BCUT2D eigenvalue weighted by Crippen LogP contribution is 2.29. The molecular formula is C20H21FN2O4. The Morgan fingerprint density at radius 2 is 2.04 bits per heavy atom. The molecule has 3 rings (SSSR count). The van der Waals surface area contributed by atoms with Crippen molar-refractivity contribution in [1.82, 2.24) is 9.55 Å². The number of aliphatic hydroxyl groups is 1. The number of rotatable bonds is 4. The van der Waals surface area contributed by atoms with Crippen molar-refractivity contribution in [2.24, 2.45) is 0 Å². The van der Waals surface area contributed by atoms with Crippen molar-refractivity contribution in [1.29, 1.82) is 0 Å². The predicted molar refractivity (Wildman–Crippen MR) is 98.2 cm³/mol. The summed E-state index contributed by atoms with van der Waals surface area (Å²) in [6.07, 6.45) is -0.0123. The number of hydrogen-bond acceptors (Lipinski definition) is 4. The van der Waals surface area contributed by atoms with Gasteiger partial charge in [-0.05, 0) is 24.1 Å². The molecule has 1 aromatic carbocycles. The molecule has 1 fully saturated rings. The molecule has 0 saturated carbocycles. The molecule has 1 aliphatic rings. The Bertz CT molecular complexity index is 968. The molecule has 2 N–H and O–H groups in total. The van der Waals surface area contributed by atoms with Crippen molar-refractivity contribution >= 4 is 0 Å². The van der Waals surface area contributed by atoms with Gasteiger partial charge in [-0.25, -0.2) is 9.18 Å². The average molecular weight is 372 g/mol. The van der Waals surface area contributed by atoms with Gasteiger partial charge in [-0.3, -0.25) is 14.3 Å². The minimum atomic E-state index is -1.38. The van der Waals surface area contributed by atoms with E-state index < -0.39 is 36.4 Å². The van der Waals surface area contributed by atoms with Gasteiger partial charge < -0.3 is 9.84 Å². The molecule has 0 radical (unpaired) electrons. The third-order valence-electron chi connectivity index (χ3n) is 4.45. The topological polar surface area (TPSA) is 84.3 Å². The summed E-state index contributed by atoms with van der Waals surface area (Å²) < 4.78 is 20.3. The van der Waals surface area contributed by atoms with Crippen LogP contribution in [0.3, 0.4) is 0 Å². The standard InChI is InChI=1S/C20H21FN2O4/c1-2-3-13-4-6-14(7-5-13)8-9-15-11-23(20(26)22-19(15)25)18-10-16(21)17(12-24)27-18/h4-7,11,16-18,24H,2-3,10,12H2,1H3,(H,22,25,26)/t16?,17-,18-/m1/s1. The molecule has 27 heavy (non-hydrogen) atoms. The summed E-state index contributed by atoms with van der Waals surface area (Å²) >= 11 is 0. The van der Waals surface area contributed by atoms with Gasteiger partial charge >= 0.3 is 5.69 Å². The van der Waals surface area contributed by atoms with Crippen LogP contribution in [0.15, 0.2) is 40.1 Å². The lowest BCUT2D eigenvalue weighted by Crippen LogP contribution is -2.33. The smallest absolute Gasteiger partial charge is 0.330 e. The van der Waals surface area contributed by atoms with Gasteiger partial charge in [0.15, 0.2) is 0 Å². The number of hydrogen-bond donors (Lipinski definition) is 2. The minimum Gasteiger partial charge on any atom is -0.394 e. The highest BCUT2D eigenvalue weighted by Gasteiger charge is 2.36. The number of aryl methyl sites for hydroxylation is 1. The highest BCUT2D eigenvalue weighted by atomic mass is 19.1. The third-order valence-corrected chi connectivity index (χ3v) is 4.45. The van der Waals surface area contributed by atoms with Gasteiger partial charge in [0.25, 0.3) is 5.56 Å². The van der Waals surface area contributed by atoms with E-state index in [1.165, 1.54) is 11.8 Å². The van der Waals surface area contributed by atoms with Crippen molar-refractivity contribution in [3.05, 3.63) is 68.0 Å². The van der Waals surface area contributed by atoms with E-state index in [-0.39, 0.29) is 12.0 Å². The van der Waals surface area contributed by atoms with Crippen molar-refractivity contribution in [3.63, 3.8) is 0 Å². The molecule has 0 spiro atoms. The molecule has 0 aliphatic carbocycles. The molecule has 1 saturated heterocycles. The number of nitrogens with zero attached hydrogens (tertiary/aromatic N) is 1. The van der Waals surface area contributed by atoms with E-state index in [2.05, 4.69) is 23.7 Å². The van der Waals surface area contributed by atoms with Gasteiger partial charge in [-0.1, -0.05) is 37.3 Å². The molecule has 0 bridgehead atoms. The van der Waals surface area contributed by atoms with Gasteiger partial charge in [-0.15, -0.1) is 0 Å². The molecule has 142 valence electrons. The number of aromatic amines is 1. The fourth-order valence-electron chi connectivity index (χ4n) is 2.99. The molecule has 2 aromatic rings. The lowest BCUT2D eigenvalue weighted by molar-refractivity contribution is -0.0356. The molecule has 2 heterocycles. The molecular weight excluding hydrogens is 351 g/mol. The Hall–Kier alpha value is -2.69. The van der Waals surface area contributed by atoms with Crippen LogP contribution in [0.5, 0.6) is 0 Å². The molecule has 1 aliphatic heterocycles. The summed E-state index contributed by atoms with van der Waals surface area (Å²) in [5, 5.41) is 9.10. The van der Waals surface area contributed by atoms with E-state index in [9.17, 15) is 14.0 Å². The number of benzene rings is 1. The first-order chi connectivity index (χ1) is 13.0.